The third kappa shape index (κ3) is 4.82. The van der Waals surface area contributed by atoms with Crippen molar-refractivity contribution in [3.63, 3.8) is 0 Å². The summed E-state index contributed by atoms with van der Waals surface area (Å²) < 4.78 is 28.5. The number of allylic oxidation sites excluding steroid dienone is 4. The fourth-order valence-corrected chi connectivity index (χ4v) is 10.5. The first kappa shape index (κ1) is 33.4. The van der Waals surface area contributed by atoms with E-state index in [1.807, 2.05) is 6.92 Å². The first-order chi connectivity index (χ1) is 20.6. The third-order valence-electron chi connectivity index (χ3n) is 13.0. The standard InChI is InChI=1S/C35H46F2N3O5/c1-20(41)45-39-19-31(5)24-9-10-32(6)25(30(24,4)16-21(18-38)27(31)43)15-23(42)26-22-17-29(2,3)11-13-35(22,14-12-33(26,32)7)40-28(44)34(8,36)37/h15-16,22,24,26H,9-14,17,19H2,1-8H3,(H,40,44)/q-1/t22?,24?,26?,30-,31-,32+,33+,35-/m0/s1. The zero-order chi connectivity index (χ0) is 33.6. The fourth-order valence-electron chi connectivity index (χ4n) is 10.5. The first-order valence-corrected chi connectivity index (χ1v) is 16.1. The number of carbonyl (C=O) groups is 4. The van der Waals surface area contributed by atoms with Gasteiger partial charge >= 0.3 is 5.92 Å². The van der Waals surface area contributed by atoms with Crippen LogP contribution in [0.1, 0.15) is 100 Å². The number of hydroxylamine groups is 1. The predicted molar refractivity (Wildman–Crippen MR) is 162 cm³/mol. The molecule has 5 aliphatic rings. The predicted octanol–water partition coefficient (Wildman–Crippen LogP) is 6.56. The summed E-state index contributed by atoms with van der Waals surface area (Å²) in [6.45, 7) is 14.1. The van der Waals surface area contributed by atoms with E-state index in [9.17, 15) is 33.2 Å². The summed E-state index contributed by atoms with van der Waals surface area (Å²) in [5.74, 6) is -7.02. The molecule has 8 atom stereocenters. The molecule has 0 spiro atoms. The molecule has 0 aliphatic heterocycles. The van der Waals surface area contributed by atoms with Crippen LogP contribution in [0, 0.1) is 56.2 Å². The molecule has 8 nitrogen and oxygen atoms in total. The van der Waals surface area contributed by atoms with Crippen molar-refractivity contribution in [3.05, 3.63) is 28.8 Å². The van der Waals surface area contributed by atoms with Gasteiger partial charge in [-0.1, -0.05) is 53.2 Å². The number of halogens is 2. The second kappa shape index (κ2) is 10.3. The molecule has 10 heteroatoms. The van der Waals surface area contributed by atoms with Crippen molar-refractivity contribution in [2.75, 3.05) is 6.54 Å². The van der Waals surface area contributed by atoms with Crippen LogP contribution in [-0.2, 0) is 24.0 Å². The molecule has 246 valence electrons. The largest absolute Gasteiger partial charge is 0.562 e. The van der Waals surface area contributed by atoms with Gasteiger partial charge in [0.05, 0.1) is 5.57 Å². The molecular formula is C35H46F2N3O5-. The summed E-state index contributed by atoms with van der Waals surface area (Å²) in [4.78, 5) is 57.4. The summed E-state index contributed by atoms with van der Waals surface area (Å²) in [7, 11) is 0. The van der Waals surface area contributed by atoms with Crippen LogP contribution >= 0.6 is 0 Å². The zero-order valence-corrected chi connectivity index (χ0v) is 27.7. The van der Waals surface area contributed by atoms with Crippen molar-refractivity contribution in [1.29, 1.82) is 5.26 Å². The number of amides is 1. The van der Waals surface area contributed by atoms with Crippen molar-refractivity contribution in [1.82, 2.24) is 5.32 Å². The Bertz CT molecular complexity index is 1460. The number of hydrogen-bond acceptors (Lipinski definition) is 6. The van der Waals surface area contributed by atoms with E-state index in [1.54, 1.807) is 19.1 Å². The molecular weight excluding hydrogens is 580 g/mol. The minimum atomic E-state index is -3.53. The Morgan fingerprint density at radius 3 is 2.33 bits per heavy atom. The highest BCUT2D eigenvalue weighted by atomic mass is 19.3. The van der Waals surface area contributed by atoms with E-state index in [0.717, 1.165) is 12.0 Å². The number of ketones is 2. The molecule has 45 heavy (non-hydrogen) atoms. The van der Waals surface area contributed by atoms with Crippen LogP contribution in [0.3, 0.4) is 0 Å². The Balaban J connectivity index is 1.63. The van der Waals surface area contributed by atoms with Crippen molar-refractivity contribution in [2.45, 2.75) is 112 Å². The van der Waals surface area contributed by atoms with Gasteiger partial charge in [-0.05, 0) is 79.1 Å². The number of fused-ring (bicyclic) bond motifs is 7. The third-order valence-corrected chi connectivity index (χ3v) is 13.0. The van der Waals surface area contributed by atoms with Gasteiger partial charge in [0.1, 0.15) is 6.07 Å². The SMILES string of the molecule is CC(=O)O[N-]C[C@]1(C)C(=O)C(C#N)=C[C@]2(C)C3=CC(=O)C4C5CC(C)(C)CC[C@]5(NC(=O)C(C)(F)F)CC[C@@]4(C)[C@]3(C)CCC21. The first-order valence-electron chi connectivity index (χ1n) is 16.1. The molecule has 3 saturated carbocycles. The van der Waals surface area contributed by atoms with E-state index in [-0.39, 0.29) is 40.9 Å². The molecule has 0 aromatic rings. The Labute approximate surface area is 264 Å². The van der Waals surface area contributed by atoms with Crippen LogP contribution in [0.15, 0.2) is 23.3 Å². The van der Waals surface area contributed by atoms with Gasteiger partial charge in [0.25, 0.3) is 11.9 Å². The number of nitrogens with one attached hydrogen (secondary N) is 1. The van der Waals surface area contributed by atoms with Crippen LogP contribution in [0.4, 0.5) is 8.78 Å². The Kier molecular flexibility index (Phi) is 7.64. The van der Waals surface area contributed by atoms with E-state index in [2.05, 4.69) is 44.6 Å². The summed E-state index contributed by atoms with van der Waals surface area (Å²) >= 11 is 0. The number of alkyl halides is 2. The molecule has 0 aromatic carbocycles. The average Bonchev–Trinajstić information content (AvgIpc) is 2.92. The monoisotopic (exact) mass is 626 g/mol. The van der Waals surface area contributed by atoms with Gasteiger partial charge in [-0.3, -0.25) is 19.2 Å². The Morgan fingerprint density at radius 1 is 1.09 bits per heavy atom. The number of hydrogen-bond donors (Lipinski definition) is 1. The van der Waals surface area contributed by atoms with Gasteiger partial charge in [0.2, 0.25) is 0 Å². The number of nitrogens with zero attached hydrogens (tertiary/aromatic N) is 2. The van der Waals surface area contributed by atoms with E-state index in [4.69, 9.17) is 4.84 Å². The maximum atomic E-state index is 14.6. The van der Waals surface area contributed by atoms with Gasteiger partial charge in [0.15, 0.2) is 11.6 Å². The summed E-state index contributed by atoms with van der Waals surface area (Å²) in [6.07, 6.45) is 7.65. The van der Waals surface area contributed by atoms with Gasteiger partial charge in [-0.2, -0.15) is 14.0 Å². The molecule has 0 radical (unpaired) electrons. The maximum absolute atomic E-state index is 14.6. The van der Waals surface area contributed by atoms with E-state index in [1.165, 1.54) is 6.92 Å². The maximum Gasteiger partial charge on any atom is 0.321 e. The van der Waals surface area contributed by atoms with Gasteiger partial charge in [0, 0.05) is 36.1 Å². The molecule has 0 heterocycles. The second-order valence-electron chi connectivity index (χ2n) is 16.3. The van der Waals surface area contributed by atoms with Gasteiger partial charge in [-0.25, -0.2) is 0 Å². The van der Waals surface area contributed by atoms with Gasteiger partial charge in [-0.15, -0.1) is 6.54 Å². The van der Waals surface area contributed by atoms with Crippen LogP contribution in [0.2, 0.25) is 0 Å². The van der Waals surface area contributed by atoms with Crippen LogP contribution in [0.25, 0.3) is 5.48 Å². The normalized spacial score (nSPS) is 42.0. The van der Waals surface area contributed by atoms with Crippen molar-refractivity contribution < 1.29 is 32.8 Å². The van der Waals surface area contributed by atoms with Crippen molar-refractivity contribution in [3.8, 4) is 6.07 Å². The number of carbonyl (C=O) groups excluding carboxylic acids is 4. The summed E-state index contributed by atoms with van der Waals surface area (Å²) in [5, 5.41) is 12.9. The fraction of sp³-hybridized carbons (Fsp3) is 0.743. The molecule has 0 bridgehead atoms. The lowest BCUT2D eigenvalue weighted by Crippen LogP contribution is -2.70. The highest BCUT2D eigenvalue weighted by Crippen LogP contribution is 2.73. The summed E-state index contributed by atoms with van der Waals surface area (Å²) in [6, 6.07) is 2.08. The molecule has 1 amide bonds. The van der Waals surface area contributed by atoms with E-state index >= 15 is 0 Å². The molecule has 1 N–H and O–H groups in total. The minimum absolute atomic E-state index is 0.000881. The highest BCUT2D eigenvalue weighted by Gasteiger charge is 2.70. The smallest absolute Gasteiger partial charge is 0.321 e. The van der Waals surface area contributed by atoms with Crippen LogP contribution in [-0.4, -0.2) is 41.4 Å². The van der Waals surface area contributed by atoms with Crippen molar-refractivity contribution in [2.24, 2.45) is 44.8 Å². The van der Waals surface area contributed by atoms with Gasteiger partial charge < -0.3 is 15.6 Å². The Morgan fingerprint density at radius 2 is 1.73 bits per heavy atom. The molecule has 5 aliphatic carbocycles. The molecule has 0 aromatic heterocycles. The zero-order valence-electron chi connectivity index (χ0n) is 27.7. The summed E-state index contributed by atoms with van der Waals surface area (Å²) in [5.41, 5.74) is 0.717. The lowest BCUT2D eigenvalue weighted by Gasteiger charge is -2.69. The lowest BCUT2D eigenvalue weighted by atomic mass is 9.35. The lowest BCUT2D eigenvalue weighted by molar-refractivity contribution is -0.169. The quantitative estimate of drug-likeness (QED) is 0.344. The van der Waals surface area contributed by atoms with E-state index < -0.39 is 50.9 Å². The number of rotatable bonds is 5. The molecule has 5 rings (SSSR count). The molecule has 3 fully saturated rings. The topological polar surface area (TPSA) is 127 Å². The molecule has 3 unspecified atom stereocenters. The number of nitriles is 1. The van der Waals surface area contributed by atoms with Crippen molar-refractivity contribution >= 4 is 23.4 Å². The highest BCUT2D eigenvalue weighted by molar-refractivity contribution is 6.05. The number of Topliss-reactive ketones (excluding diaryl/α,β-unsaturated/α-hetero) is 1. The van der Waals surface area contributed by atoms with Crippen LogP contribution in [0.5, 0.6) is 0 Å². The average molecular weight is 627 g/mol. The second-order valence-corrected chi connectivity index (χ2v) is 16.3. The van der Waals surface area contributed by atoms with E-state index in [0.29, 0.717) is 45.4 Å². The minimum Gasteiger partial charge on any atom is -0.562 e. The molecule has 0 saturated heterocycles. The Hall–Kier alpha value is -2.93. The van der Waals surface area contributed by atoms with Crippen LogP contribution < -0.4 is 5.32 Å².